The Morgan fingerprint density at radius 1 is 1.41 bits per heavy atom. The van der Waals surface area contributed by atoms with Gasteiger partial charge in [-0.3, -0.25) is 0 Å². The Bertz CT molecular complexity index is 906. The summed E-state index contributed by atoms with van der Waals surface area (Å²) in [6.45, 7) is 2.33. The van der Waals surface area contributed by atoms with Gasteiger partial charge in [0.2, 0.25) is 6.10 Å². The van der Waals surface area contributed by atoms with Gasteiger partial charge in [0.05, 0.1) is 12.1 Å². The molecule has 0 saturated heterocycles. The van der Waals surface area contributed by atoms with Crippen molar-refractivity contribution in [3.63, 3.8) is 0 Å². The molecule has 1 aromatic heterocycles. The first-order valence-electron chi connectivity index (χ1n) is 8.21. The molecule has 27 heavy (non-hydrogen) atoms. The molecule has 0 fully saturated rings. The summed E-state index contributed by atoms with van der Waals surface area (Å²) in [7, 11) is 0. The highest BCUT2D eigenvalue weighted by molar-refractivity contribution is 6.31. The van der Waals surface area contributed by atoms with Gasteiger partial charge in [0, 0.05) is 29.4 Å². The van der Waals surface area contributed by atoms with Crippen molar-refractivity contribution in [3.05, 3.63) is 52.1 Å². The summed E-state index contributed by atoms with van der Waals surface area (Å²) in [6.07, 6.45) is -1.35. The number of fused-ring (bicyclic) bond motifs is 1. The number of halogens is 4. The quantitative estimate of drug-likeness (QED) is 0.811. The molecule has 1 aromatic carbocycles. The van der Waals surface area contributed by atoms with Gasteiger partial charge in [0.25, 0.3) is 0 Å². The molecule has 0 saturated carbocycles. The molecule has 1 atom stereocenters. The zero-order valence-corrected chi connectivity index (χ0v) is 15.0. The van der Waals surface area contributed by atoms with E-state index >= 15 is 0 Å². The Kier molecular flexibility index (Phi) is 5.19. The zero-order chi connectivity index (χ0) is 19.8. The molecule has 0 aliphatic carbocycles. The van der Waals surface area contributed by atoms with E-state index in [1.54, 1.807) is 12.4 Å². The van der Waals surface area contributed by atoms with Crippen molar-refractivity contribution >= 4 is 23.6 Å². The third-order valence-electron chi connectivity index (χ3n) is 4.18. The van der Waals surface area contributed by atoms with Gasteiger partial charge in [-0.2, -0.15) is 13.2 Å². The van der Waals surface area contributed by atoms with Gasteiger partial charge in [-0.15, -0.1) is 0 Å². The lowest BCUT2D eigenvalue weighted by Crippen LogP contribution is -2.40. The number of nitrogens with zero attached hydrogens (tertiary/aromatic N) is 2. The van der Waals surface area contributed by atoms with Gasteiger partial charge in [0.15, 0.2) is 0 Å². The number of ether oxygens (including phenoxy) is 1. The molecular weight excluding hydrogens is 385 g/mol. The Hall–Kier alpha value is -2.48. The van der Waals surface area contributed by atoms with E-state index in [9.17, 15) is 18.0 Å². The van der Waals surface area contributed by atoms with Crippen LogP contribution in [0.25, 0.3) is 6.08 Å². The van der Waals surface area contributed by atoms with Crippen LogP contribution < -0.4 is 4.74 Å². The van der Waals surface area contributed by atoms with E-state index in [-0.39, 0.29) is 11.3 Å². The van der Waals surface area contributed by atoms with Gasteiger partial charge in [-0.05, 0) is 30.2 Å². The predicted molar refractivity (Wildman–Crippen MR) is 92.9 cm³/mol. The fourth-order valence-corrected chi connectivity index (χ4v) is 3.15. The highest BCUT2D eigenvalue weighted by Crippen LogP contribution is 2.39. The highest BCUT2D eigenvalue weighted by Gasteiger charge is 2.48. The molecule has 144 valence electrons. The van der Waals surface area contributed by atoms with E-state index in [1.807, 2.05) is 11.5 Å². The van der Waals surface area contributed by atoms with Crippen LogP contribution in [0.15, 0.2) is 30.1 Å². The van der Waals surface area contributed by atoms with Gasteiger partial charge >= 0.3 is 12.1 Å². The number of benzene rings is 1. The molecule has 1 unspecified atom stereocenters. The fourth-order valence-electron chi connectivity index (χ4n) is 2.92. The smallest absolute Gasteiger partial charge is 0.430 e. The number of aliphatic carboxylic acids is 1. The lowest BCUT2D eigenvalue weighted by Gasteiger charge is -2.27. The van der Waals surface area contributed by atoms with E-state index in [0.717, 1.165) is 24.7 Å². The van der Waals surface area contributed by atoms with Crippen LogP contribution in [0.4, 0.5) is 13.2 Å². The molecule has 9 heteroatoms. The number of carboxylic acid groups (broad SMARTS) is 1. The Morgan fingerprint density at radius 3 is 2.78 bits per heavy atom. The summed E-state index contributed by atoms with van der Waals surface area (Å²) in [5.74, 6) is -0.905. The molecule has 1 aliphatic rings. The topological polar surface area (TPSA) is 64.4 Å². The number of imidazole rings is 1. The number of hydrogen-bond donors (Lipinski definition) is 1. The average Bonchev–Trinajstić information content (AvgIpc) is 3.01. The second-order valence-corrected chi connectivity index (χ2v) is 6.55. The average molecular weight is 401 g/mol. The number of aryl methyl sites for hydroxylation is 1. The molecule has 2 heterocycles. The van der Waals surface area contributed by atoms with Crippen molar-refractivity contribution in [2.24, 2.45) is 0 Å². The molecule has 1 aliphatic heterocycles. The van der Waals surface area contributed by atoms with Crippen molar-refractivity contribution in [2.45, 2.75) is 38.6 Å². The minimum absolute atomic E-state index is 0.0566. The Labute approximate surface area is 158 Å². The second-order valence-electron chi connectivity index (χ2n) is 6.15. The third-order valence-corrected chi connectivity index (χ3v) is 4.53. The Balaban J connectivity index is 1.99. The van der Waals surface area contributed by atoms with Crippen LogP contribution in [0.2, 0.25) is 5.02 Å². The molecule has 0 amide bonds. The number of carboxylic acids is 1. The highest BCUT2D eigenvalue weighted by atomic mass is 35.5. The molecule has 1 N–H and O–H groups in total. The largest absolute Gasteiger partial charge is 0.478 e. The van der Waals surface area contributed by atoms with Gasteiger partial charge in [0.1, 0.15) is 11.6 Å². The maximum Gasteiger partial charge on any atom is 0.430 e. The number of carbonyl (C=O) groups is 1. The summed E-state index contributed by atoms with van der Waals surface area (Å²) in [6, 6.07) is 2.83. The van der Waals surface area contributed by atoms with Crippen molar-refractivity contribution in [3.8, 4) is 5.75 Å². The van der Waals surface area contributed by atoms with Crippen molar-refractivity contribution < 1.29 is 27.8 Å². The van der Waals surface area contributed by atoms with Crippen LogP contribution in [-0.2, 0) is 17.8 Å². The summed E-state index contributed by atoms with van der Waals surface area (Å²) in [5.41, 5.74) is -0.126. The zero-order valence-electron chi connectivity index (χ0n) is 14.3. The lowest BCUT2D eigenvalue weighted by atomic mass is 10.00. The Morgan fingerprint density at radius 2 is 2.15 bits per heavy atom. The standard InChI is InChI=1S/C18H16ClF3N2O3/c1-2-3-15-23-4-5-24(15)9-11-8-14-10(7-13(11)19)6-12(17(25)26)16(27-14)18(20,21)22/h4-8,16H,2-3,9H2,1H3,(H,25,26). The minimum Gasteiger partial charge on any atom is -0.478 e. The van der Waals surface area contributed by atoms with Crippen molar-refractivity contribution in [2.75, 3.05) is 0 Å². The van der Waals surface area contributed by atoms with Crippen LogP contribution in [0.1, 0.15) is 30.3 Å². The van der Waals surface area contributed by atoms with E-state index in [1.165, 1.54) is 12.1 Å². The van der Waals surface area contributed by atoms with E-state index < -0.39 is 23.8 Å². The number of hydrogen-bond acceptors (Lipinski definition) is 3. The monoisotopic (exact) mass is 400 g/mol. The molecule has 5 nitrogen and oxygen atoms in total. The first-order chi connectivity index (χ1) is 12.7. The molecule has 0 spiro atoms. The third kappa shape index (κ3) is 3.95. The molecular formula is C18H16ClF3N2O3. The van der Waals surface area contributed by atoms with Crippen LogP contribution >= 0.6 is 11.6 Å². The normalized spacial score (nSPS) is 16.5. The van der Waals surface area contributed by atoms with Gasteiger partial charge in [-0.25, -0.2) is 9.78 Å². The minimum atomic E-state index is -4.85. The molecule has 0 radical (unpaired) electrons. The van der Waals surface area contributed by atoms with Crippen LogP contribution in [-0.4, -0.2) is 32.9 Å². The lowest BCUT2D eigenvalue weighted by molar-refractivity contribution is -0.187. The summed E-state index contributed by atoms with van der Waals surface area (Å²) >= 11 is 6.27. The summed E-state index contributed by atoms with van der Waals surface area (Å²) in [5, 5.41) is 9.39. The SMILES string of the molecule is CCCc1nccn1Cc1cc2c(cc1Cl)C=C(C(=O)O)C(C(F)(F)F)O2. The fraction of sp³-hybridized carbons (Fsp3) is 0.333. The summed E-state index contributed by atoms with van der Waals surface area (Å²) in [4.78, 5) is 15.5. The summed E-state index contributed by atoms with van der Waals surface area (Å²) < 4.78 is 46.5. The number of rotatable bonds is 5. The predicted octanol–water partition coefficient (Wildman–Crippen LogP) is 4.33. The van der Waals surface area contributed by atoms with Crippen LogP contribution in [0.5, 0.6) is 5.75 Å². The number of aromatic nitrogens is 2. The van der Waals surface area contributed by atoms with Crippen LogP contribution in [0, 0.1) is 0 Å². The van der Waals surface area contributed by atoms with Crippen LogP contribution in [0.3, 0.4) is 0 Å². The maximum absolute atomic E-state index is 13.2. The van der Waals surface area contributed by atoms with Crippen molar-refractivity contribution in [1.82, 2.24) is 9.55 Å². The molecule has 3 rings (SSSR count). The van der Waals surface area contributed by atoms with Gasteiger partial charge in [-0.1, -0.05) is 18.5 Å². The first kappa shape index (κ1) is 19.3. The van der Waals surface area contributed by atoms with Gasteiger partial charge < -0.3 is 14.4 Å². The molecule has 0 bridgehead atoms. The van der Waals surface area contributed by atoms with E-state index in [0.29, 0.717) is 17.1 Å². The number of alkyl halides is 3. The molecule has 2 aromatic rings. The van der Waals surface area contributed by atoms with E-state index in [2.05, 4.69) is 4.98 Å². The maximum atomic E-state index is 13.2. The first-order valence-corrected chi connectivity index (χ1v) is 8.59. The van der Waals surface area contributed by atoms with Crippen molar-refractivity contribution in [1.29, 1.82) is 0 Å². The van der Waals surface area contributed by atoms with E-state index in [4.69, 9.17) is 21.4 Å². The second kappa shape index (κ2) is 7.26.